The minimum absolute atomic E-state index is 0.214. The summed E-state index contributed by atoms with van der Waals surface area (Å²) in [6.07, 6.45) is 5.27. The Bertz CT molecular complexity index is 352. The van der Waals surface area contributed by atoms with Gasteiger partial charge in [0.25, 0.3) is 0 Å². The van der Waals surface area contributed by atoms with E-state index in [2.05, 4.69) is 18.5 Å². The van der Waals surface area contributed by atoms with Gasteiger partial charge >= 0.3 is 0 Å². The van der Waals surface area contributed by atoms with Gasteiger partial charge in [-0.1, -0.05) is 24.6 Å². The monoisotopic (exact) mass is 289 g/mol. The summed E-state index contributed by atoms with van der Waals surface area (Å²) in [5.74, 6) is 0.790. The van der Waals surface area contributed by atoms with Crippen LogP contribution in [-0.4, -0.2) is 24.6 Å². The van der Waals surface area contributed by atoms with Crippen molar-refractivity contribution in [1.82, 2.24) is 5.32 Å². The Hall–Kier alpha value is -0.250. The summed E-state index contributed by atoms with van der Waals surface area (Å²) in [5.41, 5.74) is 1.09. The molecule has 0 spiro atoms. The predicted octanol–water partition coefficient (Wildman–Crippen LogP) is 4.14. The molecule has 18 heavy (non-hydrogen) atoms. The number of nitrogens with one attached hydrogen (secondary N) is 1. The molecule has 0 saturated carbocycles. The molecule has 0 bridgehead atoms. The summed E-state index contributed by atoms with van der Waals surface area (Å²) in [5, 5.41) is 3.75. The average molecular weight is 290 g/mol. The lowest BCUT2D eigenvalue weighted by atomic mass is 10.0. The highest BCUT2D eigenvalue weighted by molar-refractivity contribution is 7.98. The highest BCUT2D eigenvalue weighted by Gasteiger charge is 2.10. The second kappa shape index (κ2) is 8.78. The maximum Gasteiger partial charge on any atom is 0.141 e. The SMILES string of the molecule is CCCNC(CCSC)Cc1ccc(F)c(Cl)c1. The Balaban J connectivity index is 2.59. The van der Waals surface area contributed by atoms with E-state index in [1.54, 1.807) is 6.07 Å². The van der Waals surface area contributed by atoms with E-state index in [4.69, 9.17) is 11.6 Å². The molecule has 0 aliphatic carbocycles. The first-order valence-electron chi connectivity index (χ1n) is 6.33. The Labute approximate surface area is 118 Å². The van der Waals surface area contributed by atoms with Gasteiger partial charge in [-0.3, -0.25) is 0 Å². The summed E-state index contributed by atoms with van der Waals surface area (Å²) in [7, 11) is 0. The Morgan fingerprint density at radius 1 is 1.44 bits per heavy atom. The standard InChI is InChI=1S/C14H21ClFNS/c1-3-7-17-12(6-8-18-2)9-11-4-5-14(16)13(15)10-11/h4-5,10,12,17H,3,6-9H2,1-2H3. The molecule has 1 atom stereocenters. The molecular weight excluding hydrogens is 269 g/mol. The smallest absolute Gasteiger partial charge is 0.141 e. The van der Waals surface area contributed by atoms with Gasteiger partial charge in [0.05, 0.1) is 5.02 Å². The minimum atomic E-state index is -0.345. The average Bonchev–Trinajstić information content (AvgIpc) is 2.37. The quantitative estimate of drug-likeness (QED) is 0.772. The maximum absolute atomic E-state index is 13.1. The van der Waals surface area contributed by atoms with Crippen LogP contribution in [0.25, 0.3) is 0 Å². The second-order valence-electron chi connectivity index (χ2n) is 4.39. The Morgan fingerprint density at radius 3 is 2.83 bits per heavy atom. The maximum atomic E-state index is 13.1. The van der Waals surface area contributed by atoms with Gasteiger partial charge in [-0.05, 0) is 55.5 Å². The zero-order valence-electron chi connectivity index (χ0n) is 11.0. The van der Waals surface area contributed by atoms with Gasteiger partial charge in [-0.15, -0.1) is 0 Å². The molecule has 1 aromatic carbocycles. The summed E-state index contributed by atoms with van der Waals surface area (Å²) in [6, 6.07) is 5.44. The molecule has 1 aromatic rings. The summed E-state index contributed by atoms with van der Waals surface area (Å²) in [4.78, 5) is 0. The first kappa shape index (κ1) is 15.8. The lowest BCUT2D eigenvalue weighted by Gasteiger charge is -2.18. The number of hydrogen-bond acceptors (Lipinski definition) is 2. The molecule has 0 saturated heterocycles. The van der Waals surface area contributed by atoms with Crippen molar-refractivity contribution >= 4 is 23.4 Å². The third-order valence-electron chi connectivity index (χ3n) is 2.82. The van der Waals surface area contributed by atoms with Crippen LogP contribution in [-0.2, 0) is 6.42 Å². The van der Waals surface area contributed by atoms with Gasteiger partial charge in [0.2, 0.25) is 0 Å². The molecule has 1 unspecified atom stereocenters. The van der Waals surface area contributed by atoms with E-state index in [0.29, 0.717) is 6.04 Å². The molecule has 1 rings (SSSR count). The van der Waals surface area contributed by atoms with Crippen LogP contribution in [0.1, 0.15) is 25.3 Å². The lowest BCUT2D eigenvalue weighted by Crippen LogP contribution is -2.32. The van der Waals surface area contributed by atoms with Crippen molar-refractivity contribution in [2.24, 2.45) is 0 Å². The van der Waals surface area contributed by atoms with Crippen LogP contribution < -0.4 is 5.32 Å². The number of halogens is 2. The van der Waals surface area contributed by atoms with Crippen molar-refractivity contribution in [3.8, 4) is 0 Å². The van der Waals surface area contributed by atoms with E-state index in [9.17, 15) is 4.39 Å². The van der Waals surface area contributed by atoms with E-state index < -0.39 is 0 Å². The molecule has 102 valence electrons. The van der Waals surface area contributed by atoms with Crippen molar-refractivity contribution in [3.63, 3.8) is 0 Å². The molecule has 1 nitrogen and oxygen atoms in total. The molecule has 0 aromatic heterocycles. The van der Waals surface area contributed by atoms with Gasteiger partial charge in [-0.25, -0.2) is 4.39 Å². The van der Waals surface area contributed by atoms with Crippen molar-refractivity contribution < 1.29 is 4.39 Å². The van der Waals surface area contributed by atoms with E-state index in [1.807, 2.05) is 17.8 Å². The number of benzene rings is 1. The van der Waals surface area contributed by atoms with Gasteiger partial charge in [0, 0.05) is 6.04 Å². The zero-order valence-corrected chi connectivity index (χ0v) is 12.6. The fraction of sp³-hybridized carbons (Fsp3) is 0.571. The van der Waals surface area contributed by atoms with Gasteiger partial charge in [0.15, 0.2) is 0 Å². The van der Waals surface area contributed by atoms with Crippen LogP contribution in [0, 0.1) is 5.82 Å². The fourth-order valence-corrected chi connectivity index (χ4v) is 2.56. The fourth-order valence-electron chi connectivity index (χ4n) is 1.84. The number of hydrogen-bond donors (Lipinski definition) is 1. The molecule has 0 aliphatic rings. The summed E-state index contributed by atoms with van der Waals surface area (Å²) < 4.78 is 13.1. The number of rotatable bonds is 8. The van der Waals surface area contributed by atoms with Gasteiger partial charge in [-0.2, -0.15) is 11.8 Å². The van der Waals surface area contributed by atoms with E-state index >= 15 is 0 Å². The van der Waals surface area contributed by atoms with Crippen LogP contribution >= 0.6 is 23.4 Å². The van der Waals surface area contributed by atoms with Crippen molar-refractivity contribution in [3.05, 3.63) is 34.6 Å². The van der Waals surface area contributed by atoms with Crippen molar-refractivity contribution in [2.75, 3.05) is 18.6 Å². The molecule has 4 heteroatoms. The second-order valence-corrected chi connectivity index (χ2v) is 5.78. The summed E-state index contributed by atoms with van der Waals surface area (Å²) >= 11 is 7.66. The first-order chi connectivity index (χ1) is 8.67. The van der Waals surface area contributed by atoms with Crippen molar-refractivity contribution in [1.29, 1.82) is 0 Å². The molecule has 1 N–H and O–H groups in total. The van der Waals surface area contributed by atoms with Crippen LogP contribution in [0.4, 0.5) is 4.39 Å². The van der Waals surface area contributed by atoms with Crippen LogP contribution in [0.5, 0.6) is 0 Å². The third-order valence-corrected chi connectivity index (χ3v) is 3.75. The third kappa shape index (κ3) is 5.59. The molecule has 0 amide bonds. The zero-order chi connectivity index (χ0) is 13.4. The molecule has 0 fully saturated rings. The largest absolute Gasteiger partial charge is 0.314 e. The predicted molar refractivity (Wildman–Crippen MR) is 80.2 cm³/mol. The first-order valence-corrected chi connectivity index (χ1v) is 8.10. The lowest BCUT2D eigenvalue weighted by molar-refractivity contribution is 0.497. The Morgan fingerprint density at radius 2 is 2.22 bits per heavy atom. The topological polar surface area (TPSA) is 12.0 Å². The van der Waals surface area contributed by atoms with Crippen LogP contribution in [0.2, 0.25) is 5.02 Å². The van der Waals surface area contributed by atoms with Crippen molar-refractivity contribution in [2.45, 2.75) is 32.2 Å². The van der Waals surface area contributed by atoms with E-state index in [1.165, 1.54) is 6.07 Å². The molecule has 0 aliphatic heterocycles. The highest BCUT2D eigenvalue weighted by Crippen LogP contribution is 2.18. The van der Waals surface area contributed by atoms with Crippen LogP contribution in [0.3, 0.4) is 0 Å². The van der Waals surface area contributed by atoms with Gasteiger partial charge < -0.3 is 5.32 Å². The molecular formula is C14H21ClFNS. The van der Waals surface area contributed by atoms with E-state index in [0.717, 1.165) is 37.1 Å². The Kier molecular flexibility index (Phi) is 7.71. The molecule has 0 radical (unpaired) electrons. The normalized spacial score (nSPS) is 12.7. The minimum Gasteiger partial charge on any atom is -0.314 e. The molecule has 0 heterocycles. The highest BCUT2D eigenvalue weighted by atomic mass is 35.5. The summed E-state index contributed by atoms with van der Waals surface area (Å²) in [6.45, 7) is 3.18. The van der Waals surface area contributed by atoms with E-state index in [-0.39, 0.29) is 10.8 Å². The number of thioether (sulfide) groups is 1. The van der Waals surface area contributed by atoms with Crippen LogP contribution in [0.15, 0.2) is 18.2 Å². The van der Waals surface area contributed by atoms with Gasteiger partial charge in [0.1, 0.15) is 5.82 Å².